The third-order valence-corrected chi connectivity index (χ3v) is 5.46. The average Bonchev–Trinajstić information content (AvgIpc) is 2.42. The van der Waals surface area contributed by atoms with Crippen LogP contribution in [-0.2, 0) is 4.74 Å². The van der Waals surface area contributed by atoms with Gasteiger partial charge in [-0.1, -0.05) is 0 Å². The van der Waals surface area contributed by atoms with Gasteiger partial charge in [0.05, 0.1) is 6.61 Å². The topological polar surface area (TPSA) is 41.7 Å². The Morgan fingerprint density at radius 3 is 2.95 bits per heavy atom. The highest BCUT2D eigenvalue weighted by Gasteiger charge is 2.35. The third-order valence-electron chi connectivity index (χ3n) is 5.46. The molecule has 2 N–H and O–H groups in total. The molecule has 3 saturated heterocycles. The van der Waals surface area contributed by atoms with Gasteiger partial charge in [-0.3, -0.25) is 0 Å². The zero-order valence-corrected chi connectivity index (χ0v) is 12.3. The number of rotatable bonds is 2. The van der Waals surface area contributed by atoms with Gasteiger partial charge in [-0.2, -0.15) is 0 Å². The molecule has 0 aromatic rings. The predicted octanol–water partition coefficient (Wildman–Crippen LogP) is 0.766. The molecular formula is C15H29N3O. The Labute approximate surface area is 117 Å². The van der Waals surface area contributed by atoms with Gasteiger partial charge in [-0.05, 0) is 51.7 Å². The van der Waals surface area contributed by atoms with E-state index in [9.17, 15) is 0 Å². The van der Waals surface area contributed by atoms with Crippen LogP contribution in [0.2, 0.25) is 0 Å². The van der Waals surface area contributed by atoms with Gasteiger partial charge in [-0.15, -0.1) is 0 Å². The van der Waals surface area contributed by atoms with E-state index in [-0.39, 0.29) is 0 Å². The van der Waals surface area contributed by atoms with E-state index < -0.39 is 0 Å². The van der Waals surface area contributed by atoms with Gasteiger partial charge in [0.2, 0.25) is 0 Å². The highest BCUT2D eigenvalue weighted by atomic mass is 16.5. The van der Waals surface area contributed by atoms with Crippen molar-refractivity contribution in [1.82, 2.24) is 9.80 Å². The molecule has 3 aliphatic heterocycles. The highest BCUT2D eigenvalue weighted by molar-refractivity contribution is 4.90. The maximum Gasteiger partial charge on any atom is 0.0521 e. The molecule has 0 aromatic heterocycles. The molecule has 19 heavy (non-hydrogen) atoms. The van der Waals surface area contributed by atoms with Gasteiger partial charge in [0.15, 0.2) is 0 Å². The molecule has 110 valence electrons. The predicted molar refractivity (Wildman–Crippen MR) is 77.1 cm³/mol. The lowest BCUT2D eigenvalue weighted by molar-refractivity contribution is -0.00204. The lowest BCUT2D eigenvalue weighted by Crippen LogP contribution is -2.55. The Balaban J connectivity index is 1.53. The van der Waals surface area contributed by atoms with E-state index in [2.05, 4.69) is 16.8 Å². The number of piperidine rings is 2. The van der Waals surface area contributed by atoms with E-state index in [0.29, 0.717) is 12.0 Å². The molecule has 4 heteroatoms. The number of nitrogens with zero attached hydrogens (tertiary/aromatic N) is 2. The third kappa shape index (κ3) is 3.13. The van der Waals surface area contributed by atoms with Crippen LogP contribution in [0, 0.1) is 11.8 Å². The molecule has 4 unspecified atom stereocenters. The molecule has 3 fully saturated rings. The van der Waals surface area contributed by atoms with Crippen molar-refractivity contribution in [3.05, 3.63) is 0 Å². The average molecular weight is 267 g/mol. The van der Waals surface area contributed by atoms with E-state index in [4.69, 9.17) is 10.5 Å². The first kappa shape index (κ1) is 13.8. The molecule has 4 atom stereocenters. The molecular weight excluding hydrogens is 238 g/mol. The Morgan fingerprint density at radius 1 is 1.21 bits per heavy atom. The fraction of sp³-hybridized carbons (Fsp3) is 1.00. The molecule has 3 heterocycles. The summed E-state index contributed by atoms with van der Waals surface area (Å²) in [6, 6.07) is 1.18. The van der Waals surface area contributed by atoms with Crippen molar-refractivity contribution >= 4 is 0 Å². The van der Waals surface area contributed by atoms with Crippen molar-refractivity contribution in [2.24, 2.45) is 17.6 Å². The van der Waals surface area contributed by atoms with Crippen molar-refractivity contribution in [2.75, 3.05) is 46.4 Å². The van der Waals surface area contributed by atoms with Crippen LogP contribution in [0.4, 0.5) is 0 Å². The van der Waals surface area contributed by atoms with Gasteiger partial charge in [0, 0.05) is 37.7 Å². The van der Waals surface area contributed by atoms with E-state index in [0.717, 1.165) is 38.1 Å². The second-order valence-corrected chi connectivity index (χ2v) is 6.79. The fourth-order valence-corrected chi connectivity index (χ4v) is 4.23. The number of hydrogen-bond acceptors (Lipinski definition) is 4. The largest absolute Gasteiger partial charge is 0.381 e. The van der Waals surface area contributed by atoms with Gasteiger partial charge in [0.1, 0.15) is 0 Å². The van der Waals surface area contributed by atoms with E-state index in [1.807, 2.05) is 0 Å². The number of hydrogen-bond donors (Lipinski definition) is 1. The lowest BCUT2D eigenvalue weighted by Gasteiger charge is -2.47. The number of likely N-dealkylation sites (tertiary alicyclic amines) is 2. The van der Waals surface area contributed by atoms with Crippen LogP contribution in [0.5, 0.6) is 0 Å². The van der Waals surface area contributed by atoms with Gasteiger partial charge in [0.25, 0.3) is 0 Å². The summed E-state index contributed by atoms with van der Waals surface area (Å²) >= 11 is 0. The van der Waals surface area contributed by atoms with Crippen LogP contribution in [0.3, 0.4) is 0 Å². The molecule has 0 bridgehead atoms. The van der Waals surface area contributed by atoms with E-state index >= 15 is 0 Å². The Kier molecular flexibility index (Phi) is 4.42. The molecule has 3 rings (SSSR count). The molecule has 0 radical (unpaired) electrons. The summed E-state index contributed by atoms with van der Waals surface area (Å²) in [4.78, 5) is 5.24. The van der Waals surface area contributed by atoms with Gasteiger partial charge in [-0.25, -0.2) is 0 Å². The van der Waals surface area contributed by atoms with Crippen molar-refractivity contribution in [2.45, 2.75) is 37.8 Å². The standard InChI is InChI=1S/C15H29N3O/c1-17-6-2-3-12-9-18(7-4-15(12)17)10-13-11-19-8-5-14(13)16/h12-15H,2-11,16H2,1H3. The van der Waals surface area contributed by atoms with Crippen LogP contribution < -0.4 is 5.73 Å². The summed E-state index contributed by atoms with van der Waals surface area (Å²) in [5, 5.41) is 0. The summed E-state index contributed by atoms with van der Waals surface area (Å²) in [5.41, 5.74) is 6.24. The molecule has 3 aliphatic rings. The molecule has 0 aliphatic carbocycles. The molecule has 0 amide bonds. The van der Waals surface area contributed by atoms with Gasteiger partial charge < -0.3 is 20.3 Å². The minimum atomic E-state index is 0.348. The first-order valence-electron chi connectivity index (χ1n) is 8.00. The second-order valence-electron chi connectivity index (χ2n) is 6.79. The van der Waals surface area contributed by atoms with Crippen molar-refractivity contribution < 1.29 is 4.74 Å². The minimum absolute atomic E-state index is 0.348. The maximum atomic E-state index is 6.24. The molecule has 0 saturated carbocycles. The van der Waals surface area contributed by atoms with Gasteiger partial charge >= 0.3 is 0 Å². The summed E-state index contributed by atoms with van der Waals surface area (Å²) < 4.78 is 5.60. The lowest BCUT2D eigenvalue weighted by atomic mass is 9.83. The maximum absolute atomic E-state index is 6.24. The number of fused-ring (bicyclic) bond motifs is 1. The zero-order valence-electron chi connectivity index (χ0n) is 12.3. The monoisotopic (exact) mass is 267 g/mol. The highest BCUT2D eigenvalue weighted by Crippen LogP contribution is 2.30. The molecule has 0 aromatic carbocycles. The fourth-order valence-electron chi connectivity index (χ4n) is 4.23. The molecule has 0 spiro atoms. The normalized spacial score (nSPS) is 42.0. The summed E-state index contributed by atoms with van der Waals surface area (Å²) in [5.74, 6) is 1.43. The molecule has 4 nitrogen and oxygen atoms in total. The summed E-state index contributed by atoms with van der Waals surface area (Å²) in [6.07, 6.45) is 5.16. The first-order valence-corrected chi connectivity index (χ1v) is 8.00. The smallest absolute Gasteiger partial charge is 0.0521 e. The van der Waals surface area contributed by atoms with Crippen LogP contribution >= 0.6 is 0 Å². The van der Waals surface area contributed by atoms with Crippen LogP contribution in [0.15, 0.2) is 0 Å². The van der Waals surface area contributed by atoms with Crippen LogP contribution in [0.1, 0.15) is 25.7 Å². The summed E-state index contributed by atoms with van der Waals surface area (Å²) in [6.45, 7) is 6.68. The van der Waals surface area contributed by atoms with E-state index in [1.54, 1.807) is 0 Å². The Bertz CT molecular complexity index is 299. The zero-order chi connectivity index (χ0) is 13.2. The summed E-state index contributed by atoms with van der Waals surface area (Å²) in [7, 11) is 2.30. The van der Waals surface area contributed by atoms with Crippen molar-refractivity contribution in [1.29, 1.82) is 0 Å². The number of nitrogens with two attached hydrogens (primary N) is 1. The number of ether oxygens (including phenoxy) is 1. The Morgan fingerprint density at radius 2 is 2.11 bits per heavy atom. The second kappa shape index (κ2) is 6.08. The minimum Gasteiger partial charge on any atom is -0.381 e. The van der Waals surface area contributed by atoms with Crippen LogP contribution in [0.25, 0.3) is 0 Å². The van der Waals surface area contributed by atoms with Crippen molar-refractivity contribution in [3.8, 4) is 0 Å². The first-order chi connectivity index (χ1) is 9.24. The van der Waals surface area contributed by atoms with Crippen LogP contribution in [-0.4, -0.2) is 68.3 Å². The van der Waals surface area contributed by atoms with E-state index in [1.165, 1.54) is 38.9 Å². The quantitative estimate of drug-likeness (QED) is 0.802. The van der Waals surface area contributed by atoms with Crippen molar-refractivity contribution in [3.63, 3.8) is 0 Å². The SMILES string of the molecule is CN1CCCC2CN(CC3COCCC3N)CCC21. The Hall–Kier alpha value is -0.160.